The van der Waals surface area contributed by atoms with Crippen LogP contribution in [0.25, 0.3) is 10.9 Å². The molecule has 0 amide bonds. The molecule has 3 heterocycles. The lowest BCUT2D eigenvalue weighted by Gasteiger charge is -2.23. The fraction of sp³-hybridized carbons (Fsp3) is 0.200. The molecule has 1 atom stereocenters. The van der Waals surface area contributed by atoms with Gasteiger partial charge in [0, 0.05) is 33.0 Å². The van der Waals surface area contributed by atoms with Crippen LogP contribution in [0.15, 0.2) is 35.7 Å². The number of halogens is 2. The van der Waals surface area contributed by atoms with Crippen molar-refractivity contribution in [3.8, 4) is 0 Å². The van der Waals surface area contributed by atoms with Crippen molar-refractivity contribution < 1.29 is 0 Å². The van der Waals surface area contributed by atoms with Crippen LogP contribution in [0, 0.1) is 0 Å². The van der Waals surface area contributed by atoms with Crippen LogP contribution in [-0.2, 0) is 6.42 Å². The summed E-state index contributed by atoms with van der Waals surface area (Å²) in [4.78, 5) is 4.93. The van der Waals surface area contributed by atoms with Crippen molar-refractivity contribution in [1.82, 2.24) is 10.3 Å². The Labute approximate surface area is 132 Å². The van der Waals surface area contributed by atoms with E-state index < -0.39 is 0 Å². The zero-order chi connectivity index (χ0) is 12.8. The highest BCUT2D eigenvalue weighted by atomic mass is 35.5. The summed E-state index contributed by atoms with van der Waals surface area (Å²) in [6, 6.07) is 10.7. The Morgan fingerprint density at radius 2 is 2.15 bits per heavy atom. The van der Waals surface area contributed by atoms with Crippen molar-refractivity contribution in [3.05, 3.63) is 56.9 Å². The van der Waals surface area contributed by atoms with E-state index in [1.54, 1.807) is 11.3 Å². The molecule has 2 aromatic heterocycles. The average molecular weight is 325 g/mol. The third kappa shape index (κ3) is 2.15. The molecule has 0 bridgehead atoms. The summed E-state index contributed by atoms with van der Waals surface area (Å²) in [6.45, 7) is 1.01. The van der Waals surface area contributed by atoms with E-state index in [1.807, 2.05) is 6.07 Å². The first-order valence-corrected chi connectivity index (χ1v) is 7.65. The van der Waals surface area contributed by atoms with Crippen LogP contribution >= 0.6 is 35.3 Å². The third-order valence-electron chi connectivity index (χ3n) is 3.74. The Hall–Kier alpha value is -1.00. The van der Waals surface area contributed by atoms with E-state index in [0.29, 0.717) is 0 Å². The first-order chi connectivity index (χ1) is 9.33. The van der Waals surface area contributed by atoms with Gasteiger partial charge in [-0.15, -0.1) is 23.7 Å². The van der Waals surface area contributed by atoms with Crippen LogP contribution in [0.5, 0.6) is 0 Å². The molecule has 2 N–H and O–H groups in total. The summed E-state index contributed by atoms with van der Waals surface area (Å²) in [6.07, 6.45) is 1.05. The van der Waals surface area contributed by atoms with E-state index in [0.717, 1.165) is 18.0 Å². The summed E-state index contributed by atoms with van der Waals surface area (Å²) in [5, 5.41) is 7.80. The number of aromatic nitrogens is 1. The van der Waals surface area contributed by atoms with E-state index in [-0.39, 0.29) is 18.4 Å². The Bertz CT molecular complexity index is 734. The predicted octanol–water partition coefficient (Wildman–Crippen LogP) is 4.54. The Kier molecular flexibility index (Phi) is 3.78. The minimum absolute atomic E-state index is 0. The molecular formula is C15H14Cl2N2S. The number of fused-ring (bicyclic) bond motifs is 3. The van der Waals surface area contributed by atoms with Crippen molar-refractivity contribution in [1.29, 1.82) is 0 Å². The predicted molar refractivity (Wildman–Crippen MR) is 88.4 cm³/mol. The highest BCUT2D eigenvalue weighted by Gasteiger charge is 2.25. The molecule has 4 rings (SSSR count). The lowest BCUT2D eigenvalue weighted by Crippen LogP contribution is -2.29. The van der Waals surface area contributed by atoms with Crippen LogP contribution in [0.1, 0.15) is 22.2 Å². The average Bonchev–Trinajstić information content (AvgIpc) is 3.05. The maximum absolute atomic E-state index is 6.13. The van der Waals surface area contributed by atoms with Gasteiger partial charge < -0.3 is 10.3 Å². The van der Waals surface area contributed by atoms with Crippen LogP contribution in [0.4, 0.5) is 0 Å². The summed E-state index contributed by atoms with van der Waals surface area (Å²) >= 11 is 7.92. The van der Waals surface area contributed by atoms with Gasteiger partial charge in [0.15, 0.2) is 0 Å². The largest absolute Gasteiger partial charge is 0.357 e. The van der Waals surface area contributed by atoms with Crippen LogP contribution < -0.4 is 5.32 Å². The lowest BCUT2D eigenvalue weighted by molar-refractivity contribution is 0.567. The molecule has 1 aliphatic heterocycles. The van der Waals surface area contributed by atoms with Gasteiger partial charge in [-0.05, 0) is 41.6 Å². The smallest absolute Gasteiger partial charge is 0.0826 e. The second-order valence-corrected chi connectivity index (χ2v) is 6.28. The van der Waals surface area contributed by atoms with E-state index in [2.05, 4.69) is 39.9 Å². The van der Waals surface area contributed by atoms with Crippen molar-refractivity contribution >= 4 is 46.2 Å². The number of nitrogens with one attached hydrogen (secondary N) is 2. The molecule has 0 saturated heterocycles. The zero-order valence-electron chi connectivity index (χ0n) is 10.7. The second-order valence-electron chi connectivity index (χ2n) is 4.86. The molecule has 20 heavy (non-hydrogen) atoms. The molecule has 1 aromatic carbocycles. The van der Waals surface area contributed by atoms with Gasteiger partial charge in [-0.3, -0.25) is 0 Å². The maximum Gasteiger partial charge on any atom is 0.0826 e. The van der Waals surface area contributed by atoms with Gasteiger partial charge in [0.25, 0.3) is 0 Å². The molecule has 0 fully saturated rings. The van der Waals surface area contributed by atoms with Gasteiger partial charge >= 0.3 is 0 Å². The lowest BCUT2D eigenvalue weighted by atomic mass is 9.98. The van der Waals surface area contributed by atoms with Crippen molar-refractivity contribution in [2.75, 3.05) is 6.54 Å². The summed E-state index contributed by atoms with van der Waals surface area (Å²) in [5.74, 6) is 0. The number of rotatable bonds is 1. The van der Waals surface area contributed by atoms with E-state index in [1.165, 1.54) is 27.0 Å². The number of hydrogen-bond acceptors (Lipinski definition) is 2. The minimum atomic E-state index is 0. The van der Waals surface area contributed by atoms with Crippen LogP contribution in [-0.4, -0.2) is 11.5 Å². The summed E-state index contributed by atoms with van der Waals surface area (Å²) in [5.41, 5.74) is 3.89. The fourth-order valence-corrected chi connectivity index (χ4v) is 3.88. The summed E-state index contributed by atoms with van der Waals surface area (Å²) < 4.78 is 0. The maximum atomic E-state index is 6.13. The Balaban J connectivity index is 0.00000121. The summed E-state index contributed by atoms with van der Waals surface area (Å²) in [7, 11) is 0. The topological polar surface area (TPSA) is 27.8 Å². The molecule has 3 aromatic rings. The monoisotopic (exact) mass is 324 g/mol. The van der Waals surface area contributed by atoms with Gasteiger partial charge in [0.1, 0.15) is 0 Å². The molecule has 5 heteroatoms. The van der Waals surface area contributed by atoms with Crippen molar-refractivity contribution in [2.24, 2.45) is 0 Å². The van der Waals surface area contributed by atoms with Crippen LogP contribution in [0.2, 0.25) is 5.02 Å². The fourth-order valence-electron chi connectivity index (χ4n) is 2.90. The van der Waals surface area contributed by atoms with Gasteiger partial charge in [0.2, 0.25) is 0 Å². The molecule has 1 aliphatic rings. The Morgan fingerprint density at radius 3 is 2.95 bits per heavy atom. The minimum Gasteiger partial charge on any atom is -0.357 e. The van der Waals surface area contributed by atoms with Crippen molar-refractivity contribution in [2.45, 2.75) is 12.5 Å². The molecule has 104 valence electrons. The highest BCUT2D eigenvalue weighted by molar-refractivity contribution is 7.10. The third-order valence-corrected chi connectivity index (χ3v) is 4.91. The molecule has 1 unspecified atom stereocenters. The van der Waals surface area contributed by atoms with Crippen molar-refractivity contribution in [3.63, 3.8) is 0 Å². The van der Waals surface area contributed by atoms with E-state index in [4.69, 9.17) is 11.6 Å². The number of H-pyrrole nitrogens is 1. The second kappa shape index (κ2) is 5.41. The van der Waals surface area contributed by atoms with Crippen LogP contribution in [0.3, 0.4) is 0 Å². The standard InChI is InChI=1S/C15H13ClN2S.ClH/c16-9-3-4-12-11(8-9)10-5-6-17-15(14(10)18-12)13-2-1-7-19-13;/h1-4,7-8,15,17-18H,5-6H2;1H. The molecular weight excluding hydrogens is 311 g/mol. The zero-order valence-corrected chi connectivity index (χ0v) is 13.0. The SMILES string of the molecule is Cl.Clc1ccc2[nH]c3c(c2c1)CCNC3c1cccs1. The number of hydrogen-bond donors (Lipinski definition) is 2. The highest BCUT2D eigenvalue weighted by Crippen LogP contribution is 2.35. The number of aromatic amines is 1. The van der Waals surface area contributed by atoms with E-state index in [9.17, 15) is 0 Å². The molecule has 2 nitrogen and oxygen atoms in total. The Morgan fingerprint density at radius 1 is 1.25 bits per heavy atom. The van der Waals surface area contributed by atoms with Gasteiger partial charge in [-0.2, -0.15) is 0 Å². The number of benzene rings is 1. The molecule has 0 spiro atoms. The first-order valence-electron chi connectivity index (χ1n) is 6.40. The number of thiophene rings is 1. The van der Waals surface area contributed by atoms with Gasteiger partial charge in [-0.1, -0.05) is 17.7 Å². The molecule has 0 aliphatic carbocycles. The normalized spacial score (nSPS) is 17.8. The molecule has 0 radical (unpaired) electrons. The quantitative estimate of drug-likeness (QED) is 0.675. The molecule has 0 saturated carbocycles. The van der Waals surface area contributed by atoms with E-state index >= 15 is 0 Å². The van der Waals surface area contributed by atoms with Gasteiger partial charge in [-0.25, -0.2) is 0 Å². The van der Waals surface area contributed by atoms with Gasteiger partial charge in [0.05, 0.1) is 6.04 Å². The first kappa shape index (κ1) is 14.0.